The molecule has 0 saturated heterocycles. The fourth-order valence-electron chi connectivity index (χ4n) is 3.04. The average Bonchev–Trinajstić information content (AvgIpc) is 3.18. The molecule has 0 spiro atoms. The molecule has 0 aliphatic heterocycles. The predicted octanol–water partition coefficient (Wildman–Crippen LogP) is 1.77. The van der Waals surface area contributed by atoms with Crippen LogP contribution in [0.15, 0.2) is 53.5 Å². The number of thiazole rings is 1. The molecule has 1 aromatic heterocycles. The molecule has 1 amide bonds. The Labute approximate surface area is 213 Å². The molecular weight excluding hydrogens is 478 g/mol. The third-order valence-electron chi connectivity index (χ3n) is 4.93. The number of nitriles is 1. The minimum Gasteiger partial charge on any atom is -0.457 e. The van der Waals surface area contributed by atoms with Gasteiger partial charge in [-0.3, -0.25) is 19.1 Å². The number of aromatic nitrogens is 1. The van der Waals surface area contributed by atoms with E-state index in [1.54, 1.807) is 31.2 Å². The number of benzene rings is 1. The first-order valence-corrected chi connectivity index (χ1v) is 12.2. The van der Waals surface area contributed by atoms with Crippen molar-refractivity contribution < 1.29 is 14.3 Å². The van der Waals surface area contributed by atoms with Gasteiger partial charge in [0, 0.05) is 24.1 Å². The summed E-state index contributed by atoms with van der Waals surface area (Å²) in [5.74, 6) is -0.939. The maximum absolute atomic E-state index is 12.7. The Balaban J connectivity index is 2.33. The van der Waals surface area contributed by atoms with Gasteiger partial charge >= 0.3 is 5.97 Å². The van der Waals surface area contributed by atoms with E-state index in [4.69, 9.17) is 4.74 Å². The van der Waals surface area contributed by atoms with Gasteiger partial charge in [-0.1, -0.05) is 55.4 Å². The summed E-state index contributed by atoms with van der Waals surface area (Å²) in [6, 6.07) is 8.93. The fraction of sp³-hybridized carbons (Fsp3) is 0.308. The molecule has 2 rings (SSSR count). The van der Waals surface area contributed by atoms with Crippen LogP contribution in [0.3, 0.4) is 0 Å². The monoisotopic (exact) mass is 507 g/mol. The van der Waals surface area contributed by atoms with E-state index in [1.165, 1.54) is 16.8 Å². The average molecular weight is 508 g/mol. The highest BCUT2D eigenvalue weighted by Crippen LogP contribution is 2.15. The third kappa shape index (κ3) is 7.98. The molecule has 0 radical (unpaired) electrons. The van der Waals surface area contributed by atoms with Crippen molar-refractivity contribution in [1.82, 2.24) is 9.47 Å². The van der Waals surface area contributed by atoms with E-state index in [0.29, 0.717) is 29.1 Å². The largest absolute Gasteiger partial charge is 0.457 e. The van der Waals surface area contributed by atoms with Gasteiger partial charge in [-0.05, 0) is 38.2 Å². The molecule has 0 saturated carbocycles. The zero-order chi connectivity index (χ0) is 26.5. The van der Waals surface area contributed by atoms with Gasteiger partial charge in [0.05, 0.1) is 6.54 Å². The molecule has 36 heavy (non-hydrogen) atoms. The number of nitrogens with zero attached hydrogens (tertiary/aromatic N) is 3. The molecule has 188 valence electrons. The molecule has 9 nitrogen and oxygen atoms in total. The smallest absolute Gasteiger partial charge is 0.357 e. The van der Waals surface area contributed by atoms with Crippen molar-refractivity contribution in [3.63, 3.8) is 0 Å². The Kier molecular flexibility index (Phi) is 11.2. The third-order valence-corrected chi connectivity index (χ3v) is 5.94. The molecule has 2 N–H and O–H groups in total. The van der Waals surface area contributed by atoms with Crippen molar-refractivity contribution >= 4 is 46.1 Å². The van der Waals surface area contributed by atoms with Gasteiger partial charge in [-0.25, -0.2) is 4.79 Å². The van der Waals surface area contributed by atoms with E-state index in [2.05, 4.69) is 28.7 Å². The summed E-state index contributed by atoms with van der Waals surface area (Å²) in [5, 5.41) is 15.2. The van der Waals surface area contributed by atoms with Crippen LogP contribution >= 0.6 is 11.3 Å². The van der Waals surface area contributed by atoms with E-state index >= 15 is 0 Å². The minimum absolute atomic E-state index is 0.0367. The molecule has 1 heterocycles. The molecule has 10 heteroatoms. The first-order valence-electron chi connectivity index (χ1n) is 11.4. The van der Waals surface area contributed by atoms with Gasteiger partial charge in [0.2, 0.25) is 5.91 Å². The van der Waals surface area contributed by atoms with Gasteiger partial charge in [-0.15, -0.1) is 0 Å². The number of rotatable bonds is 11. The number of hydrogen-bond acceptors (Lipinski definition) is 8. The van der Waals surface area contributed by atoms with Gasteiger partial charge in [0.1, 0.15) is 21.9 Å². The highest BCUT2D eigenvalue weighted by molar-refractivity contribution is 7.07. The summed E-state index contributed by atoms with van der Waals surface area (Å²) in [6.07, 6.45) is 2.88. The Morgan fingerprint density at radius 3 is 2.61 bits per heavy atom. The second kappa shape index (κ2) is 14.3. The van der Waals surface area contributed by atoms with Crippen LogP contribution in [0.1, 0.15) is 20.8 Å². The normalized spacial score (nSPS) is 9.97. The molecule has 0 aliphatic rings. The van der Waals surface area contributed by atoms with Gasteiger partial charge in [0.25, 0.3) is 5.56 Å². The lowest BCUT2D eigenvalue weighted by Crippen LogP contribution is -2.32. The van der Waals surface area contributed by atoms with Crippen molar-refractivity contribution in [3.05, 3.63) is 68.2 Å². The number of amides is 1. The van der Waals surface area contributed by atoms with Crippen molar-refractivity contribution in [3.8, 4) is 6.07 Å². The van der Waals surface area contributed by atoms with Crippen LogP contribution in [0, 0.1) is 11.3 Å². The number of hydrogen-bond donors (Lipinski definition) is 2. The highest BCUT2D eigenvalue weighted by atomic mass is 32.1. The molecular formula is C26H29N5O4S. The Hall–Kier alpha value is -4.12. The fourth-order valence-corrected chi connectivity index (χ4v) is 4.03. The van der Waals surface area contributed by atoms with Crippen LogP contribution in [-0.4, -0.2) is 47.6 Å². The zero-order valence-corrected chi connectivity index (χ0v) is 21.4. The molecule has 0 atom stereocenters. The first-order chi connectivity index (χ1) is 17.4. The minimum atomic E-state index is -0.840. The Morgan fingerprint density at radius 2 is 1.97 bits per heavy atom. The van der Waals surface area contributed by atoms with Crippen LogP contribution in [0.5, 0.6) is 0 Å². The number of carbonyl (C=O) groups is 2. The van der Waals surface area contributed by atoms with Crippen LogP contribution in [0.25, 0.3) is 11.5 Å². The number of nitrogens with one attached hydrogen (secondary N) is 2. The van der Waals surface area contributed by atoms with E-state index in [9.17, 15) is 19.6 Å². The Bertz CT molecular complexity index is 1400. The van der Waals surface area contributed by atoms with Gasteiger partial charge in [-0.2, -0.15) is 5.26 Å². The standard InChI is InChI=1S/C26H29N5O4S/c1-5-14-35-26(34)19(17-27)15-24-31(8-4)25(33)22(36-24)12-13-28-20-10-9-11-21(16-20)29-23(32)18-30(6-2)7-3/h5,9-11,13,16,28H,1,6-8,14,18H2,2-4H3,(H,29,32). The molecule has 0 bridgehead atoms. The van der Waals surface area contributed by atoms with E-state index in [1.807, 2.05) is 24.8 Å². The number of esters is 1. The van der Waals surface area contributed by atoms with E-state index in [0.717, 1.165) is 24.4 Å². The quantitative estimate of drug-likeness (QED) is 0.206. The van der Waals surface area contributed by atoms with Crippen molar-refractivity contribution in [2.45, 2.75) is 27.3 Å². The van der Waals surface area contributed by atoms with Gasteiger partial charge in [0.15, 0.2) is 5.57 Å². The molecule has 0 aliphatic carbocycles. The lowest BCUT2D eigenvalue weighted by atomic mass is 10.2. The van der Waals surface area contributed by atoms with Crippen LogP contribution in [-0.2, 0) is 20.9 Å². The summed E-state index contributed by atoms with van der Waals surface area (Å²) in [4.78, 5) is 39.0. The van der Waals surface area contributed by atoms with Crippen LogP contribution in [0.4, 0.5) is 11.4 Å². The predicted molar refractivity (Wildman–Crippen MR) is 142 cm³/mol. The molecule has 2 aromatic rings. The number of ether oxygens (including phenoxy) is 1. The molecule has 0 unspecified atom stereocenters. The number of carbonyl (C=O) groups excluding carboxylic acids is 2. The Morgan fingerprint density at radius 1 is 1.25 bits per heavy atom. The summed E-state index contributed by atoms with van der Waals surface area (Å²) in [5.41, 5.74) is 6.27. The molecule has 1 aromatic carbocycles. The summed E-state index contributed by atoms with van der Waals surface area (Å²) < 4.78 is 6.86. The number of anilines is 2. The van der Waals surface area contributed by atoms with Crippen molar-refractivity contribution in [2.24, 2.45) is 0 Å². The number of likely N-dealkylation sites (N-methyl/N-ethyl adjacent to an activating group) is 1. The summed E-state index contributed by atoms with van der Waals surface area (Å²) >= 11 is 1.05. The van der Waals surface area contributed by atoms with E-state index < -0.39 is 5.97 Å². The lowest BCUT2D eigenvalue weighted by molar-refractivity contribution is -0.137. The SMILES string of the molecule is C=CCOC(=O)C(=C=c1sc(=C=CNc2cccc(NC(=O)CN(CC)CC)c2)c(=O)n1CC)C#N. The summed E-state index contributed by atoms with van der Waals surface area (Å²) in [6.45, 7) is 11.4. The molecule has 0 fully saturated rings. The second-order valence-electron chi connectivity index (χ2n) is 7.31. The van der Waals surface area contributed by atoms with Crippen LogP contribution in [0.2, 0.25) is 0 Å². The van der Waals surface area contributed by atoms with E-state index in [-0.39, 0.29) is 28.2 Å². The van der Waals surface area contributed by atoms with Gasteiger partial charge < -0.3 is 15.4 Å². The second-order valence-corrected chi connectivity index (χ2v) is 8.31. The lowest BCUT2D eigenvalue weighted by Gasteiger charge is -2.17. The van der Waals surface area contributed by atoms with Crippen molar-refractivity contribution in [1.29, 1.82) is 5.26 Å². The summed E-state index contributed by atoms with van der Waals surface area (Å²) in [7, 11) is 0. The first kappa shape index (κ1) is 28.1. The zero-order valence-electron chi connectivity index (χ0n) is 20.6. The highest BCUT2D eigenvalue weighted by Gasteiger charge is 2.10. The maximum Gasteiger partial charge on any atom is 0.357 e. The van der Waals surface area contributed by atoms with Crippen molar-refractivity contribution in [2.75, 3.05) is 36.9 Å². The van der Waals surface area contributed by atoms with Crippen LogP contribution < -0.4 is 25.4 Å². The maximum atomic E-state index is 12.7. The topological polar surface area (TPSA) is 116 Å².